The summed E-state index contributed by atoms with van der Waals surface area (Å²) in [5, 5.41) is 3.44. The van der Waals surface area contributed by atoms with Crippen molar-refractivity contribution < 1.29 is 4.39 Å². The van der Waals surface area contributed by atoms with Gasteiger partial charge in [0.15, 0.2) is 0 Å². The van der Waals surface area contributed by atoms with E-state index >= 15 is 0 Å². The Hall–Kier alpha value is -0.930. The Morgan fingerprint density at radius 1 is 1.29 bits per heavy atom. The van der Waals surface area contributed by atoms with E-state index < -0.39 is 0 Å². The van der Waals surface area contributed by atoms with E-state index in [-0.39, 0.29) is 5.82 Å². The van der Waals surface area contributed by atoms with Crippen LogP contribution in [0, 0.1) is 24.6 Å². The van der Waals surface area contributed by atoms with Gasteiger partial charge < -0.3 is 5.32 Å². The van der Waals surface area contributed by atoms with Crippen LogP contribution in [0.3, 0.4) is 0 Å². The van der Waals surface area contributed by atoms with Crippen LogP contribution in [0.2, 0.25) is 0 Å². The van der Waals surface area contributed by atoms with Crippen LogP contribution in [0.15, 0.2) is 18.2 Å². The summed E-state index contributed by atoms with van der Waals surface area (Å²) in [4.78, 5) is 2.46. The first-order valence-corrected chi connectivity index (χ1v) is 6.40. The Balaban J connectivity index is 1.65. The van der Waals surface area contributed by atoms with Crippen LogP contribution in [0.5, 0.6) is 0 Å². The molecule has 3 rings (SSSR count). The summed E-state index contributed by atoms with van der Waals surface area (Å²) >= 11 is 0. The molecule has 2 heterocycles. The molecule has 2 fully saturated rings. The highest BCUT2D eigenvalue weighted by Crippen LogP contribution is 2.27. The van der Waals surface area contributed by atoms with Crippen LogP contribution in [0.1, 0.15) is 11.1 Å². The lowest BCUT2D eigenvalue weighted by atomic mass is 10.0. The Morgan fingerprint density at radius 2 is 2.00 bits per heavy atom. The molecule has 2 unspecified atom stereocenters. The summed E-state index contributed by atoms with van der Waals surface area (Å²) in [6.07, 6.45) is 0. The highest BCUT2D eigenvalue weighted by atomic mass is 19.1. The molecule has 2 saturated heterocycles. The van der Waals surface area contributed by atoms with Gasteiger partial charge in [-0.25, -0.2) is 4.39 Å². The van der Waals surface area contributed by atoms with Crippen LogP contribution < -0.4 is 5.32 Å². The fourth-order valence-electron chi connectivity index (χ4n) is 3.07. The number of likely N-dealkylation sites (tertiary alicyclic amines) is 1. The van der Waals surface area contributed by atoms with Gasteiger partial charge in [0.25, 0.3) is 0 Å². The second-order valence-electron chi connectivity index (χ2n) is 5.46. The van der Waals surface area contributed by atoms with E-state index in [9.17, 15) is 4.39 Å². The molecule has 2 aliphatic rings. The van der Waals surface area contributed by atoms with Crippen LogP contribution in [0.25, 0.3) is 0 Å². The average molecular weight is 234 g/mol. The first-order valence-electron chi connectivity index (χ1n) is 6.40. The van der Waals surface area contributed by atoms with Crippen molar-refractivity contribution in [3.8, 4) is 0 Å². The molecule has 17 heavy (non-hydrogen) atoms. The fraction of sp³-hybridized carbons (Fsp3) is 0.571. The minimum absolute atomic E-state index is 0.0800. The molecule has 0 radical (unpaired) electrons. The summed E-state index contributed by atoms with van der Waals surface area (Å²) in [5.41, 5.74) is 1.83. The van der Waals surface area contributed by atoms with Gasteiger partial charge in [0.05, 0.1) is 0 Å². The quantitative estimate of drug-likeness (QED) is 0.839. The predicted molar refractivity (Wildman–Crippen MR) is 66.3 cm³/mol. The molecule has 1 N–H and O–H groups in total. The summed E-state index contributed by atoms with van der Waals surface area (Å²) in [7, 11) is 0. The number of rotatable bonds is 2. The first kappa shape index (κ1) is 11.2. The smallest absolute Gasteiger partial charge is 0.126 e. The van der Waals surface area contributed by atoms with E-state index in [2.05, 4.69) is 10.2 Å². The number of nitrogens with zero attached hydrogens (tertiary/aromatic N) is 1. The van der Waals surface area contributed by atoms with Gasteiger partial charge in [0.1, 0.15) is 5.82 Å². The Bertz CT molecular complexity index is 407. The van der Waals surface area contributed by atoms with E-state index in [1.54, 1.807) is 6.07 Å². The third-order valence-corrected chi connectivity index (χ3v) is 4.11. The van der Waals surface area contributed by atoms with Gasteiger partial charge in [-0.15, -0.1) is 0 Å². The van der Waals surface area contributed by atoms with Crippen molar-refractivity contribution >= 4 is 0 Å². The van der Waals surface area contributed by atoms with Crippen LogP contribution in [-0.2, 0) is 6.54 Å². The van der Waals surface area contributed by atoms with Crippen LogP contribution in [-0.4, -0.2) is 31.1 Å². The van der Waals surface area contributed by atoms with Crippen molar-refractivity contribution in [2.75, 3.05) is 26.2 Å². The number of aryl methyl sites for hydroxylation is 1. The normalized spacial score (nSPS) is 28.6. The summed E-state index contributed by atoms with van der Waals surface area (Å²) < 4.78 is 13.5. The highest BCUT2D eigenvalue weighted by Gasteiger charge is 2.35. The Kier molecular flexibility index (Phi) is 2.89. The zero-order valence-electron chi connectivity index (χ0n) is 10.2. The number of benzene rings is 1. The molecule has 0 amide bonds. The van der Waals surface area contributed by atoms with Gasteiger partial charge >= 0.3 is 0 Å². The summed E-state index contributed by atoms with van der Waals surface area (Å²) in [6.45, 7) is 7.34. The number of hydrogen-bond donors (Lipinski definition) is 1. The largest absolute Gasteiger partial charge is 0.316 e. The molecule has 0 bridgehead atoms. The first-order chi connectivity index (χ1) is 8.22. The van der Waals surface area contributed by atoms with E-state index in [1.165, 1.54) is 0 Å². The van der Waals surface area contributed by atoms with Crippen LogP contribution >= 0.6 is 0 Å². The maximum atomic E-state index is 13.5. The lowest BCUT2D eigenvalue weighted by molar-refractivity contribution is 0.305. The minimum Gasteiger partial charge on any atom is -0.316 e. The molecule has 0 saturated carbocycles. The van der Waals surface area contributed by atoms with Gasteiger partial charge in [-0.3, -0.25) is 4.90 Å². The molecule has 0 spiro atoms. The Morgan fingerprint density at radius 3 is 2.65 bits per heavy atom. The topological polar surface area (TPSA) is 15.3 Å². The molecule has 2 atom stereocenters. The number of nitrogens with one attached hydrogen (secondary N) is 1. The standard InChI is InChI=1S/C14H19FN2/c1-10-2-3-11(4-14(10)15)7-17-8-12-5-16-6-13(12)9-17/h2-4,12-13,16H,5-9H2,1H3. The van der Waals surface area contributed by atoms with Crippen molar-refractivity contribution in [1.82, 2.24) is 10.2 Å². The molecule has 2 aliphatic heterocycles. The predicted octanol–water partition coefficient (Wildman–Crippen LogP) is 1.79. The maximum absolute atomic E-state index is 13.5. The third-order valence-electron chi connectivity index (χ3n) is 4.11. The Labute approximate surface area is 102 Å². The molecule has 92 valence electrons. The molecular weight excluding hydrogens is 215 g/mol. The summed E-state index contributed by atoms with van der Waals surface area (Å²) in [6, 6.07) is 5.61. The molecule has 3 heteroatoms. The van der Waals surface area contributed by atoms with E-state index in [1.807, 2.05) is 19.1 Å². The molecule has 1 aromatic carbocycles. The fourth-order valence-corrected chi connectivity index (χ4v) is 3.07. The van der Waals surface area contributed by atoms with E-state index in [4.69, 9.17) is 0 Å². The van der Waals surface area contributed by atoms with Gasteiger partial charge in [0.2, 0.25) is 0 Å². The van der Waals surface area contributed by atoms with Crippen molar-refractivity contribution in [3.63, 3.8) is 0 Å². The number of fused-ring (bicyclic) bond motifs is 1. The van der Waals surface area contributed by atoms with Gasteiger partial charge in [0, 0.05) is 19.6 Å². The zero-order chi connectivity index (χ0) is 11.8. The number of halogens is 1. The molecule has 1 aromatic rings. The monoisotopic (exact) mass is 234 g/mol. The molecule has 0 aromatic heterocycles. The minimum atomic E-state index is -0.0800. The van der Waals surface area contributed by atoms with Crippen molar-refractivity contribution in [2.24, 2.45) is 11.8 Å². The SMILES string of the molecule is Cc1ccc(CN2CC3CNCC3C2)cc1F. The maximum Gasteiger partial charge on any atom is 0.126 e. The van der Waals surface area contributed by atoms with E-state index in [0.717, 1.165) is 55.7 Å². The second kappa shape index (κ2) is 4.39. The van der Waals surface area contributed by atoms with E-state index in [0.29, 0.717) is 0 Å². The molecular formula is C14H19FN2. The van der Waals surface area contributed by atoms with Crippen molar-refractivity contribution in [1.29, 1.82) is 0 Å². The highest BCUT2D eigenvalue weighted by molar-refractivity contribution is 5.23. The van der Waals surface area contributed by atoms with Gasteiger partial charge in [-0.2, -0.15) is 0 Å². The van der Waals surface area contributed by atoms with Gasteiger partial charge in [-0.05, 0) is 49.0 Å². The van der Waals surface area contributed by atoms with Crippen molar-refractivity contribution in [2.45, 2.75) is 13.5 Å². The lowest BCUT2D eigenvalue weighted by Crippen LogP contribution is -2.25. The third kappa shape index (κ3) is 2.22. The molecule has 0 aliphatic carbocycles. The summed E-state index contributed by atoms with van der Waals surface area (Å²) in [5.74, 6) is 1.54. The van der Waals surface area contributed by atoms with Crippen LogP contribution in [0.4, 0.5) is 4.39 Å². The molecule has 2 nitrogen and oxygen atoms in total. The van der Waals surface area contributed by atoms with Gasteiger partial charge in [-0.1, -0.05) is 12.1 Å². The average Bonchev–Trinajstić information content (AvgIpc) is 2.84. The van der Waals surface area contributed by atoms with Crippen molar-refractivity contribution in [3.05, 3.63) is 35.1 Å². The zero-order valence-corrected chi connectivity index (χ0v) is 10.2. The second-order valence-corrected chi connectivity index (χ2v) is 5.46. The lowest BCUT2D eigenvalue weighted by Gasteiger charge is -2.17. The number of hydrogen-bond acceptors (Lipinski definition) is 2.